The van der Waals surface area contributed by atoms with Crippen molar-refractivity contribution in [1.82, 2.24) is 9.29 Å². The Morgan fingerprint density at radius 3 is 2.54 bits per heavy atom. The third-order valence-electron chi connectivity index (χ3n) is 5.09. The molecule has 1 aromatic carbocycles. The van der Waals surface area contributed by atoms with Gasteiger partial charge >= 0.3 is 10.3 Å². The van der Waals surface area contributed by atoms with Crippen molar-refractivity contribution in [2.45, 2.75) is 25.8 Å². The molecule has 1 saturated heterocycles. The predicted octanol–water partition coefficient (Wildman–Crippen LogP) is 0.612. The summed E-state index contributed by atoms with van der Waals surface area (Å²) < 4.78 is 37.5. The number of Topliss-reactive ketones (excluding diaryl/α,β-unsaturated/α-hetero) is 1. The van der Waals surface area contributed by atoms with Crippen LogP contribution in [0.1, 0.15) is 24.6 Å². The van der Waals surface area contributed by atoms with Gasteiger partial charge in [0.1, 0.15) is 18.1 Å². The third-order valence-corrected chi connectivity index (χ3v) is 6.77. The number of β-lactam (4-membered cyclic amide) rings is 1. The van der Waals surface area contributed by atoms with Crippen molar-refractivity contribution >= 4 is 50.0 Å². The zero-order valence-corrected chi connectivity index (χ0v) is 20.2. The molecule has 1 aliphatic heterocycles. The molecule has 15 heteroatoms. The van der Waals surface area contributed by atoms with E-state index < -0.39 is 34.0 Å². The van der Waals surface area contributed by atoms with E-state index in [4.69, 9.17) is 31.0 Å². The van der Waals surface area contributed by atoms with E-state index in [-0.39, 0.29) is 42.0 Å². The Morgan fingerprint density at radius 2 is 2.00 bits per heavy atom. The van der Waals surface area contributed by atoms with Gasteiger partial charge in [0.15, 0.2) is 23.2 Å². The van der Waals surface area contributed by atoms with Gasteiger partial charge in [-0.1, -0.05) is 17.3 Å². The van der Waals surface area contributed by atoms with Crippen LogP contribution in [0.25, 0.3) is 0 Å². The number of nitrogens with zero attached hydrogens (tertiary/aromatic N) is 3. The monoisotopic (exact) mass is 524 g/mol. The number of thiazole rings is 1. The van der Waals surface area contributed by atoms with Crippen LogP contribution in [0.5, 0.6) is 5.75 Å². The zero-order chi connectivity index (χ0) is 25.8. The maximum absolute atomic E-state index is 12.9. The molecule has 188 valence electrons. The summed E-state index contributed by atoms with van der Waals surface area (Å²) in [6, 6.07) is 6.12. The average molecular weight is 525 g/mol. The number of benzene rings is 1. The second-order valence-electron chi connectivity index (χ2n) is 7.62. The van der Waals surface area contributed by atoms with E-state index in [0.717, 1.165) is 16.9 Å². The highest BCUT2D eigenvalue weighted by Crippen LogP contribution is 2.32. The Labute approximate surface area is 205 Å². The van der Waals surface area contributed by atoms with Gasteiger partial charge in [0, 0.05) is 18.2 Å². The van der Waals surface area contributed by atoms with Crippen LogP contribution < -0.4 is 16.2 Å². The molecule has 1 aromatic heterocycles. The highest BCUT2D eigenvalue weighted by atomic mass is 32.2. The van der Waals surface area contributed by atoms with Gasteiger partial charge < -0.3 is 21.0 Å². The number of rotatable bonds is 12. The van der Waals surface area contributed by atoms with Crippen LogP contribution >= 0.6 is 11.3 Å². The lowest BCUT2D eigenvalue weighted by molar-refractivity contribution is -0.147. The van der Waals surface area contributed by atoms with Crippen molar-refractivity contribution in [1.29, 1.82) is 5.41 Å². The fourth-order valence-corrected chi connectivity index (χ4v) is 4.87. The van der Waals surface area contributed by atoms with Crippen LogP contribution in [0.2, 0.25) is 0 Å². The Balaban J connectivity index is 1.59. The number of amides is 1. The molecular weight excluding hydrogens is 500 g/mol. The number of nitrogens with one attached hydrogen (secondary N) is 1. The minimum atomic E-state index is -4.69. The van der Waals surface area contributed by atoms with Gasteiger partial charge in [-0.05, 0) is 24.6 Å². The number of aromatic nitrogens is 1. The Kier molecular flexibility index (Phi) is 8.03. The number of hydrogen-bond donors (Lipinski definition) is 4. The standard InChI is InChI=1S/C20H24N6O7S2/c1-11-14(19(28)26(11)35(29,30)31)9-16(27)18(15-10-34-20(23)24-15)25-33-7-6-32-13-4-2-12(3-5-13)8-17(21)22/h2-5,10-11,14H,6-9H2,1H3,(H3,21,22)(H2,23,24)(H,29,30,31)/b25-18-/t11-,14-/m0/s1. The Bertz CT molecular complexity index is 1240. The number of nitrogen functional groups attached to an aromatic ring is 1. The summed E-state index contributed by atoms with van der Waals surface area (Å²) in [4.78, 5) is 34.3. The summed E-state index contributed by atoms with van der Waals surface area (Å²) in [6.07, 6.45) is -0.0100. The van der Waals surface area contributed by atoms with Crippen LogP contribution in [-0.2, 0) is 31.2 Å². The summed E-state index contributed by atoms with van der Waals surface area (Å²) in [5.74, 6) is -1.80. The topological polar surface area (TPSA) is 211 Å². The number of ether oxygens (including phenoxy) is 1. The molecule has 6 N–H and O–H groups in total. The SMILES string of the molecule is C[C@H]1[C@H](CC(=O)/C(=N\OCCOc2ccc(CC(=N)N)cc2)c2csc(N)n2)C(=O)N1S(=O)(=O)O. The van der Waals surface area contributed by atoms with Gasteiger partial charge in [0.05, 0.1) is 17.8 Å². The second kappa shape index (κ2) is 10.8. The van der Waals surface area contributed by atoms with Gasteiger partial charge in [-0.3, -0.25) is 19.6 Å². The molecule has 1 fully saturated rings. The number of amidine groups is 1. The minimum absolute atomic E-state index is 0.0130. The van der Waals surface area contributed by atoms with Crippen molar-refractivity contribution in [2.24, 2.45) is 16.8 Å². The van der Waals surface area contributed by atoms with Gasteiger partial charge in [-0.2, -0.15) is 8.42 Å². The van der Waals surface area contributed by atoms with Gasteiger partial charge in [-0.15, -0.1) is 11.3 Å². The first-order chi connectivity index (χ1) is 16.5. The van der Waals surface area contributed by atoms with E-state index >= 15 is 0 Å². The summed E-state index contributed by atoms with van der Waals surface area (Å²) >= 11 is 1.08. The number of carbonyl (C=O) groups is 2. The molecule has 0 unspecified atom stereocenters. The quantitative estimate of drug-likeness (QED) is 0.0758. The van der Waals surface area contributed by atoms with Gasteiger partial charge in [0.2, 0.25) is 5.91 Å². The lowest BCUT2D eigenvalue weighted by atomic mass is 9.86. The van der Waals surface area contributed by atoms with E-state index in [1.54, 1.807) is 24.3 Å². The van der Waals surface area contributed by atoms with E-state index in [0.29, 0.717) is 16.5 Å². The lowest BCUT2D eigenvalue weighted by Gasteiger charge is -2.41. The normalized spacial score (nSPS) is 18.2. The molecule has 2 atom stereocenters. The lowest BCUT2D eigenvalue weighted by Crippen LogP contribution is -2.62. The third kappa shape index (κ3) is 6.52. The number of nitrogens with two attached hydrogens (primary N) is 2. The molecule has 1 aliphatic rings. The molecule has 13 nitrogen and oxygen atoms in total. The molecule has 2 heterocycles. The second-order valence-corrected chi connectivity index (χ2v) is 9.80. The highest BCUT2D eigenvalue weighted by molar-refractivity contribution is 7.84. The molecule has 1 amide bonds. The van der Waals surface area contributed by atoms with Crippen LogP contribution in [0.15, 0.2) is 34.8 Å². The summed E-state index contributed by atoms with van der Waals surface area (Å²) in [6.45, 7) is 1.50. The first-order valence-electron chi connectivity index (χ1n) is 10.3. The molecule has 0 radical (unpaired) electrons. The molecule has 35 heavy (non-hydrogen) atoms. The zero-order valence-electron chi connectivity index (χ0n) is 18.6. The molecule has 3 rings (SSSR count). The van der Waals surface area contributed by atoms with E-state index in [1.165, 1.54) is 12.3 Å². The number of ketones is 1. The first-order valence-corrected chi connectivity index (χ1v) is 12.5. The van der Waals surface area contributed by atoms with E-state index in [9.17, 15) is 18.0 Å². The smallest absolute Gasteiger partial charge is 0.362 e. The number of anilines is 1. The van der Waals surface area contributed by atoms with Crippen molar-refractivity contribution in [3.63, 3.8) is 0 Å². The summed E-state index contributed by atoms with van der Waals surface area (Å²) in [7, 11) is -4.69. The number of oxime groups is 1. The van der Waals surface area contributed by atoms with Crippen LogP contribution in [0, 0.1) is 11.3 Å². The minimum Gasteiger partial charge on any atom is -0.490 e. The first kappa shape index (κ1) is 26.1. The molecule has 0 aliphatic carbocycles. The van der Waals surface area contributed by atoms with Crippen LogP contribution in [0.3, 0.4) is 0 Å². The fourth-order valence-electron chi connectivity index (χ4n) is 3.40. The van der Waals surface area contributed by atoms with Crippen molar-refractivity contribution < 1.29 is 32.1 Å². The van der Waals surface area contributed by atoms with E-state index in [1.807, 2.05) is 0 Å². The molecule has 2 aromatic rings. The summed E-state index contributed by atoms with van der Waals surface area (Å²) in [5, 5.41) is 12.9. The Morgan fingerprint density at radius 1 is 1.31 bits per heavy atom. The van der Waals surface area contributed by atoms with E-state index in [2.05, 4.69) is 10.1 Å². The maximum Gasteiger partial charge on any atom is 0.362 e. The average Bonchev–Trinajstić information content (AvgIpc) is 3.20. The molecule has 0 saturated carbocycles. The fraction of sp³-hybridized carbons (Fsp3) is 0.350. The van der Waals surface area contributed by atoms with Gasteiger partial charge in [0.25, 0.3) is 0 Å². The van der Waals surface area contributed by atoms with Gasteiger partial charge in [-0.25, -0.2) is 9.29 Å². The van der Waals surface area contributed by atoms with Crippen molar-refractivity contribution in [2.75, 3.05) is 18.9 Å². The Hall–Kier alpha value is -3.56. The highest BCUT2D eigenvalue weighted by Gasteiger charge is 2.51. The number of hydrogen-bond acceptors (Lipinski definition) is 11. The summed E-state index contributed by atoms with van der Waals surface area (Å²) in [5.41, 5.74) is 11.9. The van der Waals surface area contributed by atoms with Crippen LogP contribution in [0.4, 0.5) is 5.13 Å². The van der Waals surface area contributed by atoms with Crippen LogP contribution in [-0.4, -0.2) is 64.8 Å². The van der Waals surface area contributed by atoms with Crippen molar-refractivity contribution in [3.8, 4) is 5.75 Å². The maximum atomic E-state index is 12.9. The number of carbonyl (C=O) groups excluding carboxylic acids is 2. The van der Waals surface area contributed by atoms with Crippen molar-refractivity contribution in [3.05, 3.63) is 40.9 Å². The molecule has 0 spiro atoms. The predicted molar refractivity (Wildman–Crippen MR) is 128 cm³/mol. The largest absolute Gasteiger partial charge is 0.490 e. The molecule has 0 bridgehead atoms. The molecular formula is C20H24N6O7S2.